The van der Waals surface area contributed by atoms with Gasteiger partial charge in [0.2, 0.25) is 5.95 Å². The lowest BCUT2D eigenvalue weighted by atomic mass is 9.89. The Balaban J connectivity index is 1.42. The topological polar surface area (TPSA) is 29.9 Å². The van der Waals surface area contributed by atoms with Crippen molar-refractivity contribution in [3.05, 3.63) is 11.9 Å². The zero-order valence-corrected chi connectivity index (χ0v) is 11.2. The number of anilines is 1. The van der Waals surface area contributed by atoms with Gasteiger partial charge in [-0.2, -0.15) is 0 Å². The molecular formula is C15H23N3. The van der Waals surface area contributed by atoms with E-state index in [1.54, 1.807) is 0 Å². The molecule has 18 heavy (non-hydrogen) atoms. The van der Waals surface area contributed by atoms with Gasteiger partial charge in [-0.1, -0.05) is 6.42 Å². The number of hydrogen-bond donors (Lipinski definition) is 1. The summed E-state index contributed by atoms with van der Waals surface area (Å²) in [5.74, 6) is 4.09. The average Bonchev–Trinajstić information content (AvgIpc) is 2.82. The molecule has 0 amide bonds. The number of aromatic nitrogens is 2. The molecule has 3 aliphatic carbocycles. The maximum Gasteiger partial charge on any atom is 0.203 e. The summed E-state index contributed by atoms with van der Waals surface area (Å²) in [5, 5.41) is 3.63. The summed E-state index contributed by atoms with van der Waals surface area (Å²) in [6.07, 6.45) is 10.8. The van der Waals surface area contributed by atoms with E-state index in [0.717, 1.165) is 42.0 Å². The van der Waals surface area contributed by atoms with E-state index in [-0.39, 0.29) is 0 Å². The molecule has 4 rings (SSSR count). The molecule has 0 radical (unpaired) electrons. The first-order valence-corrected chi connectivity index (χ1v) is 7.59. The Bertz CT molecular complexity index is 447. The first-order chi connectivity index (χ1) is 8.79. The van der Waals surface area contributed by atoms with Gasteiger partial charge >= 0.3 is 0 Å². The molecule has 98 valence electrons. The highest BCUT2D eigenvalue weighted by atomic mass is 15.2. The Morgan fingerprint density at radius 1 is 1.28 bits per heavy atom. The molecule has 3 heteroatoms. The second-order valence-electron chi connectivity index (χ2n) is 6.66. The van der Waals surface area contributed by atoms with Crippen molar-refractivity contribution in [2.45, 2.75) is 51.5 Å². The van der Waals surface area contributed by atoms with Gasteiger partial charge in [-0.25, -0.2) is 4.98 Å². The van der Waals surface area contributed by atoms with Crippen molar-refractivity contribution < 1.29 is 0 Å². The van der Waals surface area contributed by atoms with Crippen LogP contribution < -0.4 is 5.32 Å². The van der Waals surface area contributed by atoms with Crippen LogP contribution in [0.4, 0.5) is 5.95 Å². The van der Waals surface area contributed by atoms with Crippen LogP contribution in [0.2, 0.25) is 0 Å². The molecule has 3 nitrogen and oxygen atoms in total. The molecule has 1 N–H and O–H groups in total. The molecule has 3 saturated carbocycles. The maximum absolute atomic E-state index is 4.65. The number of fused-ring (bicyclic) bond motifs is 2. The normalized spacial score (nSPS) is 34.2. The third-order valence-electron chi connectivity index (χ3n) is 5.20. The Morgan fingerprint density at radius 3 is 2.83 bits per heavy atom. The summed E-state index contributed by atoms with van der Waals surface area (Å²) in [7, 11) is 0. The third-order valence-corrected chi connectivity index (χ3v) is 5.20. The minimum absolute atomic E-state index is 0.730. The number of nitrogens with one attached hydrogen (secondary N) is 1. The van der Waals surface area contributed by atoms with Crippen molar-refractivity contribution in [2.24, 2.45) is 17.8 Å². The molecule has 0 saturated heterocycles. The van der Waals surface area contributed by atoms with Gasteiger partial charge in [0.05, 0.1) is 5.69 Å². The van der Waals surface area contributed by atoms with Crippen LogP contribution in [0.15, 0.2) is 6.20 Å². The molecule has 3 fully saturated rings. The lowest BCUT2D eigenvalue weighted by molar-refractivity contribution is 0.347. The van der Waals surface area contributed by atoms with Crippen LogP contribution in [-0.4, -0.2) is 16.1 Å². The number of hydrogen-bond acceptors (Lipinski definition) is 2. The van der Waals surface area contributed by atoms with Crippen molar-refractivity contribution in [1.29, 1.82) is 0 Å². The van der Waals surface area contributed by atoms with E-state index in [1.807, 2.05) is 0 Å². The molecule has 3 atom stereocenters. The van der Waals surface area contributed by atoms with Crippen LogP contribution in [0, 0.1) is 24.7 Å². The molecule has 0 spiro atoms. The van der Waals surface area contributed by atoms with Gasteiger partial charge in [0, 0.05) is 18.8 Å². The highest BCUT2D eigenvalue weighted by molar-refractivity contribution is 5.30. The van der Waals surface area contributed by atoms with Crippen molar-refractivity contribution in [1.82, 2.24) is 9.55 Å². The van der Waals surface area contributed by atoms with Crippen LogP contribution in [0.25, 0.3) is 0 Å². The lowest BCUT2D eigenvalue weighted by Crippen LogP contribution is -2.21. The molecule has 3 unspecified atom stereocenters. The van der Waals surface area contributed by atoms with Gasteiger partial charge in [-0.3, -0.25) is 0 Å². The SMILES string of the molecule is Cc1cn(C2CC2)c(NCC2CC3CCC2C3)n1. The summed E-state index contributed by atoms with van der Waals surface area (Å²) in [5.41, 5.74) is 1.15. The predicted molar refractivity (Wildman–Crippen MR) is 72.7 cm³/mol. The van der Waals surface area contributed by atoms with Gasteiger partial charge in [0.1, 0.15) is 0 Å². The van der Waals surface area contributed by atoms with E-state index in [9.17, 15) is 0 Å². The van der Waals surface area contributed by atoms with Crippen LogP contribution in [-0.2, 0) is 0 Å². The fraction of sp³-hybridized carbons (Fsp3) is 0.800. The van der Waals surface area contributed by atoms with E-state index in [4.69, 9.17) is 0 Å². The zero-order chi connectivity index (χ0) is 12.1. The van der Waals surface area contributed by atoms with E-state index >= 15 is 0 Å². The predicted octanol–water partition coefficient (Wildman–Crippen LogP) is 3.37. The lowest BCUT2D eigenvalue weighted by Gasteiger charge is -2.22. The highest BCUT2D eigenvalue weighted by Crippen LogP contribution is 2.48. The van der Waals surface area contributed by atoms with Crippen molar-refractivity contribution >= 4 is 5.95 Å². The van der Waals surface area contributed by atoms with E-state index in [1.165, 1.54) is 38.5 Å². The summed E-state index contributed by atoms with van der Waals surface area (Å²) in [6.45, 7) is 3.24. The summed E-state index contributed by atoms with van der Waals surface area (Å²) in [6, 6.07) is 0.730. The first-order valence-electron chi connectivity index (χ1n) is 7.59. The Morgan fingerprint density at radius 2 is 2.17 bits per heavy atom. The maximum atomic E-state index is 4.65. The quantitative estimate of drug-likeness (QED) is 0.881. The average molecular weight is 245 g/mol. The van der Waals surface area contributed by atoms with Gasteiger partial charge in [-0.15, -0.1) is 0 Å². The number of nitrogens with zero attached hydrogens (tertiary/aromatic N) is 2. The van der Waals surface area contributed by atoms with Crippen molar-refractivity contribution in [2.75, 3.05) is 11.9 Å². The van der Waals surface area contributed by atoms with E-state index < -0.39 is 0 Å². The molecule has 2 bridgehead atoms. The van der Waals surface area contributed by atoms with E-state index in [0.29, 0.717) is 0 Å². The Labute approximate surface area is 109 Å². The fourth-order valence-electron chi connectivity index (χ4n) is 4.13. The molecule has 0 aliphatic heterocycles. The Hall–Kier alpha value is -0.990. The molecule has 0 aromatic carbocycles. The molecular weight excluding hydrogens is 222 g/mol. The van der Waals surface area contributed by atoms with E-state index in [2.05, 4.69) is 28.0 Å². The largest absolute Gasteiger partial charge is 0.355 e. The Kier molecular flexibility index (Phi) is 2.42. The van der Waals surface area contributed by atoms with Crippen LogP contribution >= 0.6 is 0 Å². The van der Waals surface area contributed by atoms with Crippen molar-refractivity contribution in [3.63, 3.8) is 0 Å². The minimum atomic E-state index is 0.730. The van der Waals surface area contributed by atoms with Gasteiger partial charge in [0.25, 0.3) is 0 Å². The standard InChI is InChI=1S/C15H23N3/c1-10-9-18(14-4-5-14)15(17-10)16-8-13-7-11-2-3-12(13)6-11/h9,11-14H,2-8H2,1H3,(H,16,17). The summed E-state index contributed by atoms with van der Waals surface area (Å²) in [4.78, 5) is 4.65. The number of imidazole rings is 1. The van der Waals surface area contributed by atoms with Crippen molar-refractivity contribution in [3.8, 4) is 0 Å². The molecule has 1 aromatic rings. The van der Waals surface area contributed by atoms with Gasteiger partial charge < -0.3 is 9.88 Å². The zero-order valence-electron chi connectivity index (χ0n) is 11.2. The second kappa shape index (κ2) is 4.01. The minimum Gasteiger partial charge on any atom is -0.355 e. The highest BCUT2D eigenvalue weighted by Gasteiger charge is 2.39. The monoisotopic (exact) mass is 245 g/mol. The third kappa shape index (κ3) is 1.84. The molecule has 1 aromatic heterocycles. The molecule has 3 aliphatic rings. The fourth-order valence-corrected chi connectivity index (χ4v) is 4.13. The van der Waals surface area contributed by atoms with Crippen LogP contribution in [0.3, 0.4) is 0 Å². The number of rotatable bonds is 4. The van der Waals surface area contributed by atoms with Crippen LogP contribution in [0.1, 0.15) is 50.3 Å². The van der Waals surface area contributed by atoms with Gasteiger partial charge in [0.15, 0.2) is 0 Å². The summed E-state index contributed by atoms with van der Waals surface area (Å²) < 4.78 is 2.36. The first kappa shape index (κ1) is 10.9. The number of aryl methyl sites for hydroxylation is 1. The van der Waals surface area contributed by atoms with Gasteiger partial charge in [-0.05, 0) is 56.8 Å². The molecule has 1 heterocycles. The second-order valence-corrected chi connectivity index (χ2v) is 6.66. The van der Waals surface area contributed by atoms with Crippen LogP contribution in [0.5, 0.6) is 0 Å². The smallest absolute Gasteiger partial charge is 0.203 e. The summed E-state index contributed by atoms with van der Waals surface area (Å²) >= 11 is 0.